The third-order valence-electron chi connectivity index (χ3n) is 2.41. The summed E-state index contributed by atoms with van der Waals surface area (Å²) in [5.74, 6) is 0.460. The summed E-state index contributed by atoms with van der Waals surface area (Å²) in [5, 5.41) is 1.04. The van der Waals surface area contributed by atoms with E-state index in [1.165, 1.54) is 12.5 Å². The first-order valence-corrected chi connectivity index (χ1v) is 4.60. The van der Waals surface area contributed by atoms with Crippen LogP contribution in [0.3, 0.4) is 0 Å². The normalized spacial score (nSPS) is 10.8. The van der Waals surface area contributed by atoms with E-state index in [1.54, 1.807) is 0 Å². The average Bonchev–Trinajstić information content (AvgIpc) is 2.44. The summed E-state index contributed by atoms with van der Waals surface area (Å²) in [5.41, 5.74) is 2.91. The van der Waals surface area contributed by atoms with Gasteiger partial charge in [0, 0.05) is 17.9 Å². The Labute approximate surface area is 82.5 Å². The summed E-state index contributed by atoms with van der Waals surface area (Å²) in [6.45, 7) is 5.47. The van der Waals surface area contributed by atoms with Crippen molar-refractivity contribution in [2.75, 3.05) is 0 Å². The predicted octanol–water partition coefficient (Wildman–Crippen LogP) is 3.25. The van der Waals surface area contributed by atoms with E-state index in [9.17, 15) is 4.79 Å². The lowest BCUT2D eigenvalue weighted by molar-refractivity contribution is 0.0988. The molecule has 0 aliphatic carbocycles. The van der Waals surface area contributed by atoms with Crippen LogP contribution in [0.5, 0.6) is 0 Å². The molecule has 14 heavy (non-hydrogen) atoms. The maximum absolute atomic E-state index is 11.2. The monoisotopic (exact) mass is 188 g/mol. The zero-order valence-corrected chi connectivity index (χ0v) is 8.55. The SMILES string of the molecule is CC(=O)c1oc2ccc(C)cc2c1C. The Morgan fingerprint density at radius 2 is 2.00 bits per heavy atom. The van der Waals surface area contributed by atoms with Crippen molar-refractivity contribution in [2.45, 2.75) is 20.8 Å². The fourth-order valence-electron chi connectivity index (χ4n) is 1.67. The number of hydrogen-bond acceptors (Lipinski definition) is 2. The maximum atomic E-state index is 11.2. The van der Waals surface area contributed by atoms with Gasteiger partial charge in [-0.2, -0.15) is 0 Å². The van der Waals surface area contributed by atoms with Crippen LogP contribution in [-0.2, 0) is 0 Å². The summed E-state index contributed by atoms with van der Waals surface area (Å²) in [6, 6.07) is 5.93. The lowest BCUT2D eigenvalue weighted by Crippen LogP contribution is -1.90. The summed E-state index contributed by atoms with van der Waals surface area (Å²) in [4.78, 5) is 11.2. The lowest BCUT2D eigenvalue weighted by Gasteiger charge is -1.91. The van der Waals surface area contributed by atoms with Crippen LogP contribution in [0.2, 0.25) is 0 Å². The molecular weight excluding hydrogens is 176 g/mol. The minimum absolute atomic E-state index is 0.0173. The van der Waals surface area contributed by atoms with E-state index in [1.807, 2.05) is 32.0 Å². The second kappa shape index (κ2) is 2.98. The van der Waals surface area contributed by atoms with Crippen LogP contribution in [0, 0.1) is 13.8 Å². The van der Waals surface area contributed by atoms with Crippen LogP contribution in [0.4, 0.5) is 0 Å². The second-order valence-corrected chi connectivity index (χ2v) is 3.61. The molecule has 1 aromatic carbocycles. The maximum Gasteiger partial charge on any atom is 0.195 e. The van der Waals surface area contributed by atoms with Gasteiger partial charge in [-0.05, 0) is 26.0 Å². The Kier molecular flexibility index (Phi) is 1.92. The Balaban J connectivity index is 2.80. The number of hydrogen-bond donors (Lipinski definition) is 0. The molecule has 2 heteroatoms. The van der Waals surface area contributed by atoms with E-state index in [0.29, 0.717) is 5.76 Å². The first kappa shape index (κ1) is 9.00. The molecule has 0 amide bonds. The third-order valence-corrected chi connectivity index (χ3v) is 2.41. The summed E-state index contributed by atoms with van der Waals surface area (Å²) < 4.78 is 5.47. The van der Waals surface area contributed by atoms with E-state index in [-0.39, 0.29) is 5.78 Å². The molecule has 2 aromatic rings. The van der Waals surface area contributed by atoms with Crippen molar-refractivity contribution in [1.29, 1.82) is 0 Å². The highest BCUT2D eigenvalue weighted by molar-refractivity contribution is 5.98. The predicted molar refractivity (Wildman–Crippen MR) is 55.7 cm³/mol. The average molecular weight is 188 g/mol. The highest BCUT2D eigenvalue weighted by Crippen LogP contribution is 2.26. The molecule has 0 bridgehead atoms. The van der Waals surface area contributed by atoms with Crippen LogP contribution >= 0.6 is 0 Å². The number of benzene rings is 1. The molecule has 1 heterocycles. The quantitative estimate of drug-likeness (QED) is 0.643. The van der Waals surface area contributed by atoms with E-state index in [2.05, 4.69) is 0 Å². The molecule has 0 unspecified atom stereocenters. The highest BCUT2D eigenvalue weighted by atomic mass is 16.3. The number of rotatable bonds is 1. The second-order valence-electron chi connectivity index (χ2n) is 3.61. The number of furan rings is 1. The van der Waals surface area contributed by atoms with E-state index >= 15 is 0 Å². The van der Waals surface area contributed by atoms with Gasteiger partial charge in [-0.15, -0.1) is 0 Å². The van der Waals surface area contributed by atoms with Crippen LogP contribution in [0.15, 0.2) is 22.6 Å². The van der Waals surface area contributed by atoms with Gasteiger partial charge >= 0.3 is 0 Å². The molecule has 0 saturated heterocycles. The van der Waals surface area contributed by atoms with Crippen LogP contribution in [-0.4, -0.2) is 5.78 Å². The van der Waals surface area contributed by atoms with E-state index < -0.39 is 0 Å². The van der Waals surface area contributed by atoms with Crippen molar-refractivity contribution in [2.24, 2.45) is 0 Å². The van der Waals surface area contributed by atoms with E-state index in [0.717, 1.165) is 16.5 Å². The first-order valence-electron chi connectivity index (χ1n) is 4.60. The first-order chi connectivity index (χ1) is 6.59. The van der Waals surface area contributed by atoms with Gasteiger partial charge < -0.3 is 4.42 Å². The van der Waals surface area contributed by atoms with E-state index in [4.69, 9.17) is 4.42 Å². The minimum atomic E-state index is -0.0173. The van der Waals surface area contributed by atoms with Gasteiger partial charge in [-0.3, -0.25) is 4.79 Å². The smallest absolute Gasteiger partial charge is 0.195 e. The van der Waals surface area contributed by atoms with Crippen LogP contribution < -0.4 is 0 Å². The standard InChI is InChI=1S/C12H12O2/c1-7-4-5-11-10(6-7)8(2)12(14-11)9(3)13/h4-6H,1-3H3. The van der Waals surface area contributed by atoms with Gasteiger partial charge in [0.25, 0.3) is 0 Å². The van der Waals surface area contributed by atoms with Crippen molar-refractivity contribution < 1.29 is 9.21 Å². The molecule has 0 N–H and O–H groups in total. The largest absolute Gasteiger partial charge is 0.453 e. The van der Waals surface area contributed by atoms with Crippen molar-refractivity contribution in [3.8, 4) is 0 Å². The Morgan fingerprint density at radius 1 is 1.29 bits per heavy atom. The molecule has 0 spiro atoms. The molecule has 0 radical (unpaired) electrons. The van der Waals surface area contributed by atoms with Gasteiger partial charge in [0.05, 0.1) is 0 Å². The third kappa shape index (κ3) is 1.23. The summed E-state index contributed by atoms with van der Waals surface area (Å²) in [6.07, 6.45) is 0. The number of carbonyl (C=O) groups is 1. The van der Waals surface area contributed by atoms with Crippen LogP contribution in [0.1, 0.15) is 28.6 Å². The highest BCUT2D eigenvalue weighted by Gasteiger charge is 2.13. The van der Waals surface area contributed by atoms with Crippen molar-refractivity contribution in [3.63, 3.8) is 0 Å². The molecule has 2 rings (SSSR count). The van der Waals surface area contributed by atoms with Crippen molar-refractivity contribution in [1.82, 2.24) is 0 Å². The number of fused-ring (bicyclic) bond motifs is 1. The lowest BCUT2D eigenvalue weighted by atomic mass is 10.1. The van der Waals surface area contributed by atoms with Gasteiger partial charge in [0.1, 0.15) is 5.58 Å². The van der Waals surface area contributed by atoms with Crippen LogP contribution in [0.25, 0.3) is 11.0 Å². The molecule has 2 nitrogen and oxygen atoms in total. The molecule has 0 aliphatic heterocycles. The Bertz CT molecular complexity index is 506. The van der Waals surface area contributed by atoms with Gasteiger partial charge in [0.15, 0.2) is 11.5 Å². The number of aryl methyl sites for hydroxylation is 2. The van der Waals surface area contributed by atoms with Crippen molar-refractivity contribution in [3.05, 3.63) is 35.1 Å². The van der Waals surface area contributed by atoms with Crippen molar-refractivity contribution >= 4 is 16.8 Å². The molecule has 0 atom stereocenters. The number of ketones is 1. The fraction of sp³-hybridized carbons (Fsp3) is 0.250. The molecule has 72 valence electrons. The molecule has 1 aromatic heterocycles. The fourth-order valence-corrected chi connectivity index (χ4v) is 1.67. The molecule has 0 fully saturated rings. The minimum Gasteiger partial charge on any atom is -0.453 e. The number of carbonyl (C=O) groups excluding carboxylic acids is 1. The Morgan fingerprint density at radius 3 is 2.64 bits per heavy atom. The summed E-state index contributed by atoms with van der Waals surface area (Å²) >= 11 is 0. The van der Waals surface area contributed by atoms with Gasteiger partial charge in [0.2, 0.25) is 0 Å². The van der Waals surface area contributed by atoms with Gasteiger partial charge in [-0.1, -0.05) is 11.6 Å². The number of Topliss-reactive ketones (excluding diaryl/α,β-unsaturated/α-hetero) is 1. The van der Waals surface area contributed by atoms with Gasteiger partial charge in [-0.25, -0.2) is 0 Å². The Hall–Kier alpha value is -1.57. The topological polar surface area (TPSA) is 30.2 Å². The molecular formula is C12H12O2. The zero-order chi connectivity index (χ0) is 10.3. The zero-order valence-electron chi connectivity index (χ0n) is 8.55. The molecule has 0 aliphatic rings. The molecule has 0 saturated carbocycles. The summed E-state index contributed by atoms with van der Waals surface area (Å²) in [7, 11) is 0.